The van der Waals surface area contributed by atoms with Crippen LogP contribution in [0.25, 0.3) is 0 Å². The molecule has 0 aliphatic rings. The van der Waals surface area contributed by atoms with Gasteiger partial charge in [0, 0.05) is 0 Å². The molecule has 0 amide bonds. The molecule has 0 aliphatic carbocycles. The van der Waals surface area contributed by atoms with Crippen molar-refractivity contribution in [2.24, 2.45) is 0 Å². The van der Waals surface area contributed by atoms with Gasteiger partial charge in [0.2, 0.25) is 0 Å². The fourth-order valence-corrected chi connectivity index (χ4v) is 1.98. The Morgan fingerprint density at radius 2 is 1.64 bits per heavy atom. The maximum absolute atomic E-state index is 5.76. The third-order valence-corrected chi connectivity index (χ3v) is 3.02. The highest BCUT2D eigenvalue weighted by atomic mass is 35.5. The zero-order valence-electron chi connectivity index (χ0n) is 5.44. The second-order valence-electron chi connectivity index (χ2n) is 1.63. The lowest BCUT2D eigenvalue weighted by Crippen LogP contribution is -1.87. The molecule has 0 bridgehead atoms. The molecule has 0 aliphatic heterocycles. The molecule has 0 atom stereocenters. The van der Waals surface area contributed by atoms with Gasteiger partial charge in [-0.15, -0.1) is 22.0 Å². The molecule has 0 radical (unpaired) electrons. The average Bonchev–Trinajstić information content (AvgIpc) is 1.99. The third kappa shape index (κ3) is 1.90. The summed E-state index contributed by atoms with van der Waals surface area (Å²) >= 11 is 18.4. The normalized spacial score (nSPS) is 10.2. The molecule has 0 aromatic carbocycles. The standard InChI is InChI=1S/C5H3Cl3N2S/c1-11-3-2(6)4(7)9-10-5(3)8/h1H3. The molecular weight excluding hydrogens is 226 g/mol. The number of aromatic nitrogens is 2. The number of halogens is 3. The van der Waals surface area contributed by atoms with Crippen LogP contribution in [0, 0.1) is 0 Å². The summed E-state index contributed by atoms with van der Waals surface area (Å²) in [5, 5.41) is 7.94. The fraction of sp³-hybridized carbons (Fsp3) is 0.200. The van der Waals surface area contributed by atoms with Gasteiger partial charge in [-0.25, -0.2) is 0 Å². The monoisotopic (exact) mass is 228 g/mol. The van der Waals surface area contributed by atoms with Crippen molar-refractivity contribution in [3.63, 3.8) is 0 Å². The Morgan fingerprint density at radius 3 is 2.09 bits per heavy atom. The van der Waals surface area contributed by atoms with Gasteiger partial charge in [0.25, 0.3) is 0 Å². The highest BCUT2D eigenvalue weighted by molar-refractivity contribution is 7.98. The van der Waals surface area contributed by atoms with Gasteiger partial charge in [-0.05, 0) is 6.26 Å². The van der Waals surface area contributed by atoms with E-state index in [9.17, 15) is 0 Å². The van der Waals surface area contributed by atoms with E-state index in [2.05, 4.69) is 10.2 Å². The van der Waals surface area contributed by atoms with Crippen molar-refractivity contribution in [3.8, 4) is 0 Å². The molecule has 0 N–H and O–H groups in total. The van der Waals surface area contributed by atoms with E-state index in [1.54, 1.807) is 0 Å². The Balaban J connectivity index is 3.29. The SMILES string of the molecule is CSc1c(Cl)nnc(Cl)c1Cl. The van der Waals surface area contributed by atoms with Crippen molar-refractivity contribution in [2.45, 2.75) is 4.90 Å². The first-order chi connectivity index (χ1) is 5.16. The van der Waals surface area contributed by atoms with Crippen molar-refractivity contribution in [1.29, 1.82) is 0 Å². The maximum atomic E-state index is 5.76. The van der Waals surface area contributed by atoms with Gasteiger partial charge < -0.3 is 0 Å². The van der Waals surface area contributed by atoms with Gasteiger partial charge in [0.15, 0.2) is 10.3 Å². The predicted octanol–water partition coefficient (Wildman–Crippen LogP) is 3.16. The highest BCUT2D eigenvalue weighted by Gasteiger charge is 2.10. The summed E-state index contributed by atoms with van der Waals surface area (Å²) in [5.74, 6) is 0. The minimum atomic E-state index is 0.181. The molecule has 2 nitrogen and oxygen atoms in total. The van der Waals surface area contributed by atoms with Crippen LogP contribution in [-0.4, -0.2) is 16.5 Å². The molecule has 6 heteroatoms. The van der Waals surface area contributed by atoms with Gasteiger partial charge >= 0.3 is 0 Å². The molecule has 11 heavy (non-hydrogen) atoms. The summed E-state index contributed by atoms with van der Waals surface area (Å²) in [4.78, 5) is 0.660. The Labute approximate surface area is 83.2 Å². The molecule has 0 unspecified atom stereocenters. The van der Waals surface area contributed by atoms with Crippen LogP contribution in [0.5, 0.6) is 0 Å². The highest BCUT2D eigenvalue weighted by Crippen LogP contribution is 2.34. The van der Waals surface area contributed by atoms with E-state index in [0.717, 1.165) is 0 Å². The van der Waals surface area contributed by atoms with Gasteiger partial charge in [-0.2, -0.15) is 0 Å². The van der Waals surface area contributed by atoms with Crippen molar-refractivity contribution >= 4 is 46.6 Å². The first-order valence-corrected chi connectivity index (χ1v) is 4.94. The molecule has 1 heterocycles. The first kappa shape index (κ1) is 9.39. The minimum absolute atomic E-state index is 0.181. The molecule has 0 saturated heterocycles. The first-order valence-electron chi connectivity index (χ1n) is 2.58. The summed E-state index contributed by atoms with van der Waals surface area (Å²) in [7, 11) is 0. The van der Waals surface area contributed by atoms with Crippen molar-refractivity contribution < 1.29 is 0 Å². The Kier molecular flexibility index (Phi) is 3.25. The maximum Gasteiger partial charge on any atom is 0.171 e. The van der Waals surface area contributed by atoms with Gasteiger partial charge in [0.05, 0.1) is 9.92 Å². The second kappa shape index (κ2) is 3.81. The van der Waals surface area contributed by atoms with E-state index < -0.39 is 0 Å². The van der Waals surface area contributed by atoms with Gasteiger partial charge in [-0.1, -0.05) is 34.8 Å². The van der Waals surface area contributed by atoms with Gasteiger partial charge in [0.1, 0.15) is 0 Å². The number of nitrogens with zero attached hydrogens (tertiary/aromatic N) is 2. The fourth-order valence-electron chi connectivity index (χ4n) is 0.535. The zero-order valence-corrected chi connectivity index (χ0v) is 8.52. The lowest BCUT2D eigenvalue weighted by atomic mass is 10.6. The zero-order chi connectivity index (χ0) is 8.43. The summed E-state index contributed by atoms with van der Waals surface area (Å²) < 4.78 is 0. The third-order valence-electron chi connectivity index (χ3n) is 0.998. The van der Waals surface area contributed by atoms with Crippen LogP contribution in [0.2, 0.25) is 15.3 Å². The van der Waals surface area contributed by atoms with E-state index in [1.165, 1.54) is 11.8 Å². The van der Waals surface area contributed by atoms with E-state index >= 15 is 0 Å². The van der Waals surface area contributed by atoms with Crippen LogP contribution >= 0.6 is 46.6 Å². The summed E-state index contributed by atoms with van der Waals surface area (Å²) in [6, 6.07) is 0. The molecule has 1 rings (SSSR count). The predicted molar refractivity (Wildman–Crippen MR) is 48.8 cm³/mol. The van der Waals surface area contributed by atoms with Crippen LogP contribution in [-0.2, 0) is 0 Å². The van der Waals surface area contributed by atoms with Crippen molar-refractivity contribution in [2.75, 3.05) is 6.26 Å². The van der Waals surface area contributed by atoms with Crippen LogP contribution < -0.4 is 0 Å². The van der Waals surface area contributed by atoms with E-state index in [4.69, 9.17) is 34.8 Å². The number of rotatable bonds is 1. The molecule has 60 valence electrons. The van der Waals surface area contributed by atoms with E-state index in [0.29, 0.717) is 9.92 Å². The van der Waals surface area contributed by atoms with Gasteiger partial charge in [-0.3, -0.25) is 0 Å². The van der Waals surface area contributed by atoms with E-state index in [1.807, 2.05) is 6.26 Å². The van der Waals surface area contributed by atoms with Crippen LogP contribution in [0.1, 0.15) is 0 Å². The lowest BCUT2D eigenvalue weighted by molar-refractivity contribution is 0.999. The molecule has 1 aromatic heterocycles. The largest absolute Gasteiger partial charge is 0.171 e. The molecule has 0 fully saturated rings. The second-order valence-corrected chi connectivity index (χ2v) is 3.54. The number of hydrogen-bond donors (Lipinski definition) is 0. The lowest BCUT2D eigenvalue weighted by Gasteiger charge is -2.01. The smallest absolute Gasteiger partial charge is 0.136 e. The Hall–Kier alpha value is 0.300. The van der Waals surface area contributed by atoms with Crippen LogP contribution in [0.4, 0.5) is 0 Å². The number of hydrogen-bond acceptors (Lipinski definition) is 3. The van der Waals surface area contributed by atoms with E-state index in [-0.39, 0.29) is 10.3 Å². The Bertz CT molecular complexity index is 279. The number of thioether (sulfide) groups is 1. The summed E-state index contributed by atoms with van der Waals surface area (Å²) in [6.45, 7) is 0. The summed E-state index contributed by atoms with van der Waals surface area (Å²) in [6.07, 6.45) is 1.84. The molecule has 0 spiro atoms. The minimum Gasteiger partial charge on any atom is -0.136 e. The molecule has 0 saturated carbocycles. The molecule has 1 aromatic rings. The topological polar surface area (TPSA) is 25.8 Å². The average molecular weight is 230 g/mol. The van der Waals surface area contributed by atoms with Crippen molar-refractivity contribution in [1.82, 2.24) is 10.2 Å². The molecular formula is C5H3Cl3N2S. The summed E-state index contributed by atoms with van der Waals surface area (Å²) in [5.41, 5.74) is 0. The Morgan fingerprint density at radius 1 is 1.09 bits per heavy atom. The quantitative estimate of drug-likeness (QED) is 0.692. The van der Waals surface area contributed by atoms with Crippen LogP contribution in [0.3, 0.4) is 0 Å². The van der Waals surface area contributed by atoms with Crippen molar-refractivity contribution in [3.05, 3.63) is 15.3 Å². The van der Waals surface area contributed by atoms with Crippen LogP contribution in [0.15, 0.2) is 4.90 Å².